The van der Waals surface area contributed by atoms with Crippen LogP contribution in [0.5, 0.6) is 11.5 Å². The van der Waals surface area contributed by atoms with E-state index < -0.39 is 12.6 Å². The molecule has 118 valence electrons. The first-order valence-corrected chi connectivity index (χ1v) is 6.31. The molecule has 0 atom stereocenters. The Labute approximate surface area is 124 Å². The number of alkyl halides is 2. The summed E-state index contributed by atoms with van der Waals surface area (Å²) >= 11 is 0. The van der Waals surface area contributed by atoms with Gasteiger partial charge in [-0.05, 0) is 32.0 Å². The topological polar surface area (TPSA) is 81.8 Å². The molecule has 1 heterocycles. The van der Waals surface area contributed by atoms with Crippen LogP contribution in [0.3, 0.4) is 0 Å². The molecule has 0 saturated carbocycles. The Morgan fingerprint density at radius 2 is 2.00 bits per heavy atom. The molecule has 0 amide bonds. The number of hydrogen-bond acceptors (Lipinski definition) is 5. The summed E-state index contributed by atoms with van der Waals surface area (Å²) in [6, 6.07) is 4.10. The van der Waals surface area contributed by atoms with Gasteiger partial charge in [-0.1, -0.05) is 0 Å². The number of halogens is 2. The molecule has 0 bridgehead atoms. The van der Waals surface area contributed by atoms with E-state index in [4.69, 9.17) is 14.3 Å². The maximum atomic E-state index is 12.4. The third kappa shape index (κ3) is 3.72. The molecule has 0 spiro atoms. The molecule has 0 fully saturated rings. The highest BCUT2D eigenvalue weighted by molar-refractivity contribution is 5.85. The standard InChI is InChI=1S/C14H13F2NO5/c1-7(2)21-11-5-8(3-4-10(11)22-14(15)16)12-17-9(6-20-12)13(18)19/h3-7,14H,1-2H3,(H,18,19). The Morgan fingerprint density at radius 3 is 2.55 bits per heavy atom. The molecule has 2 aromatic rings. The summed E-state index contributed by atoms with van der Waals surface area (Å²) in [6.45, 7) is 0.472. The highest BCUT2D eigenvalue weighted by Gasteiger charge is 2.17. The number of carboxylic acid groups (broad SMARTS) is 1. The van der Waals surface area contributed by atoms with Crippen molar-refractivity contribution in [3.63, 3.8) is 0 Å². The number of hydrogen-bond donors (Lipinski definition) is 1. The molecule has 0 saturated heterocycles. The molecular weight excluding hydrogens is 300 g/mol. The predicted molar refractivity (Wildman–Crippen MR) is 71.3 cm³/mol. The van der Waals surface area contributed by atoms with Crippen LogP contribution in [0.4, 0.5) is 8.78 Å². The van der Waals surface area contributed by atoms with E-state index in [2.05, 4.69) is 9.72 Å². The first kappa shape index (κ1) is 15.7. The fourth-order valence-corrected chi connectivity index (χ4v) is 1.69. The first-order valence-electron chi connectivity index (χ1n) is 6.31. The summed E-state index contributed by atoms with van der Waals surface area (Å²) in [5.74, 6) is -1.23. The summed E-state index contributed by atoms with van der Waals surface area (Å²) in [4.78, 5) is 14.6. The molecule has 1 aromatic carbocycles. The van der Waals surface area contributed by atoms with Crippen molar-refractivity contribution in [2.75, 3.05) is 0 Å². The van der Waals surface area contributed by atoms with Crippen molar-refractivity contribution in [2.24, 2.45) is 0 Å². The van der Waals surface area contributed by atoms with Gasteiger partial charge >= 0.3 is 12.6 Å². The molecule has 0 aliphatic rings. The van der Waals surface area contributed by atoms with Crippen molar-refractivity contribution in [3.05, 3.63) is 30.2 Å². The summed E-state index contributed by atoms with van der Waals surface area (Å²) in [6.07, 6.45) is 0.721. The molecule has 0 aliphatic carbocycles. The Bertz CT molecular complexity index is 669. The van der Waals surface area contributed by atoms with E-state index in [0.29, 0.717) is 5.56 Å². The van der Waals surface area contributed by atoms with Gasteiger partial charge in [0.15, 0.2) is 17.2 Å². The van der Waals surface area contributed by atoms with Gasteiger partial charge in [0, 0.05) is 5.56 Å². The van der Waals surface area contributed by atoms with Crippen molar-refractivity contribution in [2.45, 2.75) is 26.6 Å². The van der Waals surface area contributed by atoms with Crippen LogP contribution in [0.25, 0.3) is 11.5 Å². The van der Waals surface area contributed by atoms with Crippen LogP contribution < -0.4 is 9.47 Å². The van der Waals surface area contributed by atoms with E-state index >= 15 is 0 Å². The van der Waals surface area contributed by atoms with Gasteiger partial charge in [-0.25, -0.2) is 9.78 Å². The Kier molecular flexibility index (Phi) is 4.59. The van der Waals surface area contributed by atoms with E-state index in [1.54, 1.807) is 13.8 Å². The van der Waals surface area contributed by atoms with Crippen LogP contribution in [0, 0.1) is 0 Å². The number of oxazole rings is 1. The second-order valence-corrected chi connectivity index (χ2v) is 4.55. The van der Waals surface area contributed by atoms with Crippen molar-refractivity contribution < 1.29 is 32.6 Å². The lowest BCUT2D eigenvalue weighted by Crippen LogP contribution is -2.09. The number of aromatic nitrogens is 1. The van der Waals surface area contributed by atoms with Crippen LogP contribution >= 0.6 is 0 Å². The molecule has 2 rings (SSSR count). The minimum Gasteiger partial charge on any atom is -0.487 e. The molecular formula is C14H13F2NO5. The van der Waals surface area contributed by atoms with Crippen LogP contribution in [0.2, 0.25) is 0 Å². The van der Waals surface area contributed by atoms with E-state index in [1.165, 1.54) is 18.2 Å². The Balaban J connectivity index is 2.38. The second kappa shape index (κ2) is 6.42. The summed E-state index contributed by atoms with van der Waals surface area (Å²) in [5.41, 5.74) is 0.124. The van der Waals surface area contributed by atoms with Gasteiger partial charge < -0.3 is 19.0 Å². The van der Waals surface area contributed by atoms with Crippen LogP contribution in [0.1, 0.15) is 24.3 Å². The summed E-state index contributed by atoms with van der Waals surface area (Å²) < 4.78 is 39.6. The van der Waals surface area contributed by atoms with E-state index in [-0.39, 0.29) is 29.2 Å². The molecule has 1 N–H and O–H groups in total. The molecule has 22 heavy (non-hydrogen) atoms. The number of rotatable bonds is 6. The maximum Gasteiger partial charge on any atom is 0.387 e. The monoisotopic (exact) mass is 313 g/mol. The average Bonchev–Trinajstić information content (AvgIpc) is 2.89. The predicted octanol–water partition coefficient (Wildman–Crippen LogP) is 3.43. The molecule has 1 aromatic heterocycles. The lowest BCUT2D eigenvalue weighted by atomic mass is 10.2. The van der Waals surface area contributed by atoms with Crippen LogP contribution in [-0.2, 0) is 0 Å². The molecule has 0 unspecified atom stereocenters. The fourth-order valence-electron chi connectivity index (χ4n) is 1.69. The normalized spacial score (nSPS) is 11.0. The van der Waals surface area contributed by atoms with Crippen molar-refractivity contribution in [1.29, 1.82) is 0 Å². The smallest absolute Gasteiger partial charge is 0.387 e. The number of carbonyl (C=O) groups is 1. The van der Waals surface area contributed by atoms with Gasteiger partial charge in [-0.15, -0.1) is 0 Å². The quantitative estimate of drug-likeness (QED) is 0.880. The van der Waals surface area contributed by atoms with Gasteiger partial charge in [0.2, 0.25) is 5.89 Å². The molecule has 6 nitrogen and oxygen atoms in total. The number of nitrogens with zero attached hydrogens (tertiary/aromatic N) is 1. The summed E-state index contributed by atoms with van der Waals surface area (Å²) in [7, 11) is 0. The minimum atomic E-state index is -2.99. The zero-order valence-electron chi connectivity index (χ0n) is 11.7. The Hall–Kier alpha value is -2.64. The lowest BCUT2D eigenvalue weighted by Gasteiger charge is -2.15. The SMILES string of the molecule is CC(C)Oc1cc(-c2nc(C(=O)O)co2)ccc1OC(F)F. The molecule has 0 radical (unpaired) electrons. The second-order valence-electron chi connectivity index (χ2n) is 4.55. The lowest BCUT2D eigenvalue weighted by molar-refractivity contribution is -0.0518. The third-order valence-corrected chi connectivity index (χ3v) is 2.49. The molecule has 0 aliphatic heterocycles. The number of carboxylic acids is 1. The maximum absolute atomic E-state index is 12.4. The number of ether oxygens (including phenoxy) is 2. The zero-order chi connectivity index (χ0) is 16.3. The van der Waals surface area contributed by atoms with Gasteiger partial charge in [-0.3, -0.25) is 0 Å². The van der Waals surface area contributed by atoms with Crippen LogP contribution in [-0.4, -0.2) is 28.8 Å². The minimum absolute atomic E-state index is 0.0367. The summed E-state index contributed by atoms with van der Waals surface area (Å²) in [5, 5.41) is 8.81. The first-order chi connectivity index (χ1) is 10.4. The highest BCUT2D eigenvalue weighted by Crippen LogP contribution is 2.34. The Morgan fingerprint density at radius 1 is 1.27 bits per heavy atom. The largest absolute Gasteiger partial charge is 0.487 e. The van der Waals surface area contributed by atoms with Gasteiger partial charge in [0.25, 0.3) is 0 Å². The van der Waals surface area contributed by atoms with Crippen molar-refractivity contribution >= 4 is 5.97 Å². The number of benzene rings is 1. The fraction of sp³-hybridized carbons (Fsp3) is 0.286. The van der Waals surface area contributed by atoms with Gasteiger partial charge in [0.05, 0.1) is 6.10 Å². The highest BCUT2D eigenvalue weighted by atomic mass is 19.3. The zero-order valence-corrected chi connectivity index (χ0v) is 11.7. The van der Waals surface area contributed by atoms with Crippen molar-refractivity contribution in [1.82, 2.24) is 4.98 Å². The van der Waals surface area contributed by atoms with E-state index in [1.807, 2.05) is 0 Å². The van der Waals surface area contributed by atoms with E-state index in [0.717, 1.165) is 6.26 Å². The number of aromatic carboxylic acids is 1. The van der Waals surface area contributed by atoms with Gasteiger partial charge in [-0.2, -0.15) is 8.78 Å². The van der Waals surface area contributed by atoms with E-state index in [9.17, 15) is 13.6 Å². The third-order valence-electron chi connectivity index (χ3n) is 2.49. The van der Waals surface area contributed by atoms with Crippen LogP contribution in [0.15, 0.2) is 28.9 Å². The van der Waals surface area contributed by atoms with Gasteiger partial charge in [0.1, 0.15) is 6.26 Å². The molecule has 8 heteroatoms. The van der Waals surface area contributed by atoms with Crippen molar-refractivity contribution in [3.8, 4) is 23.0 Å². The average molecular weight is 313 g/mol.